The van der Waals surface area contributed by atoms with Gasteiger partial charge in [0.05, 0.1) is 11.6 Å². The lowest BCUT2D eigenvalue weighted by molar-refractivity contribution is -0.134. The van der Waals surface area contributed by atoms with Gasteiger partial charge in [-0.1, -0.05) is 30.3 Å². The van der Waals surface area contributed by atoms with Gasteiger partial charge in [-0.05, 0) is 56.8 Å². The SMILES string of the molecule is CCNC(=O)[C@@]1(Cc2ccccc2-c2cccnc2)CCCN(Cc2cnn(CC)c2)C1. The third-order valence-corrected chi connectivity index (χ3v) is 6.41. The second kappa shape index (κ2) is 10.1. The minimum absolute atomic E-state index is 0.162. The quantitative estimate of drug-likeness (QED) is 0.587. The van der Waals surface area contributed by atoms with E-state index < -0.39 is 5.41 Å². The van der Waals surface area contributed by atoms with Gasteiger partial charge in [-0.25, -0.2) is 0 Å². The van der Waals surface area contributed by atoms with E-state index in [1.807, 2.05) is 30.1 Å². The lowest BCUT2D eigenvalue weighted by Crippen LogP contribution is -2.53. The van der Waals surface area contributed by atoms with Crippen molar-refractivity contribution in [2.75, 3.05) is 19.6 Å². The summed E-state index contributed by atoms with van der Waals surface area (Å²) in [7, 11) is 0. The fourth-order valence-corrected chi connectivity index (χ4v) is 4.88. The third kappa shape index (κ3) is 4.91. The van der Waals surface area contributed by atoms with Gasteiger partial charge in [0.25, 0.3) is 0 Å². The van der Waals surface area contributed by atoms with Crippen LogP contribution in [-0.2, 0) is 24.3 Å². The van der Waals surface area contributed by atoms with Gasteiger partial charge in [0.15, 0.2) is 0 Å². The number of aromatic nitrogens is 3. The molecule has 6 heteroatoms. The third-order valence-electron chi connectivity index (χ3n) is 6.41. The molecule has 0 aliphatic carbocycles. The molecule has 0 radical (unpaired) electrons. The van der Waals surface area contributed by atoms with Crippen molar-refractivity contribution in [3.63, 3.8) is 0 Å². The zero-order valence-corrected chi connectivity index (χ0v) is 19.1. The van der Waals surface area contributed by atoms with E-state index in [-0.39, 0.29) is 5.91 Å². The molecule has 168 valence electrons. The summed E-state index contributed by atoms with van der Waals surface area (Å²) in [6.45, 7) is 8.18. The average molecular weight is 432 g/mol. The summed E-state index contributed by atoms with van der Waals surface area (Å²) in [5.74, 6) is 0.162. The van der Waals surface area contributed by atoms with Crippen LogP contribution < -0.4 is 5.32 Å². The highest BCUT2D eigenvalue weighted by atomic mass is 16.2. The molecule has 2 aromatic heterocycles. The maximum atomic E-state index is 13.5. The van der Waals surface area contributed by atoms with Crippen LogP contribution in [0.4, 0.5) is 0 Å². The first kappa shape index (κ1) is 22.2. The number of likely N-dealkylation sites (tertiary alicyclic amines) is 1. The van der Waals surface area contributed by atoms with Gasteiger partial charge in [0, 0.05) is 55.9 Å². The number of hydrogen-bond acceptors (Lipinski definition) is 4. The van der Waals surface area contributed by atoms with E-state index in [2.05, 4.69) is 63.8 Å². The number of aryl methyl sites for hydroxylation is 1. The van der Waals surface area contributed by atoms with Gasteiger partial charge in [0.1, 0.15) is 0 Å². The summed E-state index contributed by atoms with van der Waals surface area (Å²) >= 11 is 0. The molecule has 1 saturated heterocycles. The number of pyridine rings is 1. The molecule has 32 heavy (non-hydrogen) atoms. The number of nitrogens with zero attached hydrogens (tertiary/aromatic N) is 4. The number of nitrogens with one attached hydrogen (secondary N) is 1. The van der Waals surface area contributed by atoms with Gasteiger partial charge < -0.3 is 5.32 Å². The lowest BCUT2D eigenvalue weighted by atomic mass is 9.73. The summed E-state index contributed by atoms with van der Waals surface area (Å²) in [5, 5.41) is 7.56. The summed E-state index contributed by atoms with van der Waals surface area (Å²) in [5.41, 5.74) is 4.20. The van der Waals surface area contributed by atoms with Crippen LogP contribution >= 0.6 is 0 Å². The van der Waals surface area contributed by atoms with Crippen molar-refractivity contribution in [2.24, 2.45) is 5.41 Å². The summed E-state index contributed by atoms with van der Waals surface area (Å²) in [6.07, 6.45) is 10.4. The Balaban J connectivity index is 1.62. The molecule has 1 aliphatic rings. The predicted molar refractivity (Wildman–Crippen MR) is 127 cm³/mol. The first-order valence-electron chi connectivity index (χ1n) is 11.6. The maximum Gasteiger partial charge on any atom is 0.227 e. The Morgan fingerprint density at radius 2 is 2.03 bits per heavy atom. The molecule has 0 spiro atoms. The molecule has 0 unspecified atom stereocenters. The Kier molecular flexibility index (Phi) is 7.00. The minimum atomic E-state index is -0.451. The average Bonchev–Trinajstić information content (AvgIpc) is 3.28. The van der Waals surface area contributed by atoms with Crippen molar-refractivity contribution in [1.82, 2.24) is 25.0 Å². The van der Waals surface area contributed by atoms with Gasteiger partial charge in [-0.15, -0.1) is 0 Å². The topological polar surface area (TPSA) is 63.1 Å². The predicted octanol–water partition coefficient (Wildman–Crippen LogP) is 3.93. The minimum Gasteiger partial charge on any atom is -0.356 e. The number of carbonyl (C=O) groups is 1. The highest BCUT2D eigenvalue weighted by Crippen LogP contribution is 2.37. The Morgan fingerprint density at radius 3 is 2.78 bits per heavy atom. The van der Waals surface area contributed by atoms with E-state index in [0.29, 0.717) is 13.0 Å². The van der Waals surface area contributed by atoms with E-state index in [1.165, 1.54) is 11.1 Å². The van der Waals surface area contributed by atoms with Crippen molar-refractivity contribution < 1.29 is 4.79 Å². The molecule has 1 fully saturated rings. The fourth-order valence-electron chi connectivity index (χ4n) is 4.88. The van der Waals surface area contributed by atoms with Gasteiger partial charge >= 0.3 is 0 Å². The molecule has 1 aromatic carbocycles. The molecule has 6 nitrogen and oxygen atoms in total. The number of benzene rings is 1. The van der Waals surface area contributed by atoms with Crippen molar-refractivity contribution in [1.29, 1.82) is 0 Å². The molecule has 1 aliphatic heterocycles. The Bertz CT molecular complexity index is 1030. The maximum absolute atomic E-state index is 13.5. The smallest absolute Gasteiger partial charge is 0.227 e. The van der Waals surface area contributed by atoms with E-state index in [9.17, 15) is 4.79 Å². The highest BCUT2D eigenvalue weighted by molar-refractivity contribution is 5.84. The molecule has 0 saturated carbocycles. The van der Waals surface area contributed by atoms with Crippen LogP contribution in [0.3, 0.4) is 0 Å². The number of piperidine rings is 1. The molecule has 3 heterocycles. The van der Waals surface area contributed by atoms with E-state index in [0.717, 1.165) is 50.1 Å². The van der Waals surface area contributed by atoms with Crippen LogP contribution in [0.5, 0.6) is 0 Å². The van der Waals surface area contributed by atoms with Crippen molar-refractivity contribution >= 4 is 5.91 Å². The number of amides is 1. The summed E-state index contributed by atoms with van der Waals surface area (Å²) in [6, 6.07) is 12.5. The number of rotatable bonds is 8. The number of hydrogen-bond donors (Lipinski definition) is 1. The largest absolute Gasteiger partial charge is 0.356 e. The van der Waals surface area contributed by atoms with Crippen LogP contribution in [-0.4, -0.2) is 45.2 Å². The monoisotopic (exact) mass is 431 g/mol. The van der Waals surface area contributed by atoms with Crippen molar-refractivity contribution in [2.45, 2.75) is 46.2 Å². The highest BCUT2D eigenvalue weighted by Gasteiger charge is 2.42. The van der Waals surface area contributed by atoms with Crippen LogP contribution in [0.15, 0.2) is 61.2 Å². The van der Waals surface area contributed by atoms with E-state index in [1.54, 1.807) is 6.20 Å². The van der Waals surface area contributed by atoms with Gasteiger partial charge in [-0.2, -0.15) is 5.10 Å². The normalized spacial score (nSPS) is 19.1. The molecular formula is C26H33N5O. The van der Waals surface area contributed by atoms with Gasteiger partial charge in [0.2, 0.25) is 5.91 Å². The van der Waals surface area contributed by atoms with Crippen LogP contribution in [0, 0.1) is 5.41 Å². The summed E-state index contributed by atoms with van der Waals surface area (Å²) < 4.78 is 1.96. The zero-order valence-electron chi connectivity index (χ0n) is 19.1. The Morgan fingerprint density at radius 1 is 1.16 bits per heavy atom. The Labute approximate surface area is 190 Å². The lowest BCUT2D eigenvalue weighted by Gasteiger charge is -2.42. The van der Waals surface area contributed by atoms with Crippen molar-refractivity contribution in [3.05, 3.63) is 72.3 Å². The molecule has 4 rings (SSSR count). The van der Waals surface area contributed by atoms with Crippen LogP contribution in [0.25, 0.3) is 11.1 Å². The Hall–Kier alpha value is -2.99. The van der Waals surface area contributed by atoms with Crippen molar-refractivity contribution in [3.8, 4) is 11.1 Å². The van der Waals surface area contributed by atoms with Crippen LogP contribution in [0.2, 0.25) is 0 Å². The zero-order chi connectivity index (χ0) is 22.4. The standard InChI is InChI=1S/C26H33N5O/c1-3-28-25(32)26(12-8-14-30(20-26)18-21-16-29-31(4-2)19-21)15-22-9-5-6-11-24(22)23-10-7-13-27-17-23/h5-7,9-11,13,16-17,19H,3-4,8,12,14-15,18,20H2,1-2H3,(H,28,32)/t26-/m1/s1. The summed E-state index contributed by atoms with van der Waals surface area (Å²) in [4.78, 5) is 20.2. The van der Waals surface area contributed by atoms with Gasteiger partial charge in [-0.3, -0.25) is 19.4 Å². The number of carbonyl (C=O) groups excluding carboxylic acids is 1. The second-order valence-corrected chi connectivity index (χ2v) is 8.73. The van der Waals surface area contributed by atoms with E-state index in [4.69, 9.17) is 0 Å². The molecule has 3 aromatic rings. The molecular weight excluding hydrogens is 398 g/mol. The first-order valence-corrected chi connectivity index (χ1v) is 11.6. The second-order valence-electron chi connectivity index (χ2n) is 8.73. The molecule has 1 atom stereocenters. The fraction of sp³-hybridized carbons (Fsp3) is 0.423. The van der Waals surface area contributed by atoms with Crippen LogP contribution in [0.1, 0.15) is 37.8 Å². The molecule has 1 N–H and O–H groups in total. The molecule has 0 bridgehead atoms. The van der Waals surface area contributed by atoms with E-state index >= 15 is 0 Å². The first-order chi connectivity index (χ1) is 15.6. The molecule has 1 amide bonds.